The van der Waals surface area contributed by atoms with Gasteiger partial charge in [0.15, 0.2) is 10.8 Å². The lowest BCUT2D eigenvalue weighted by atomic mass is 10.3. The van der Waals surface area contributed by atoms with Crippen LogP contribution in [-0.4, -0.2) is 36.6 Å². The lowest BCUT2D eigenvalue weighted by Crippen LogP contribution is -2.10. The molecule has 0 aliphatic rings. The highest BCUT2D eigenvalue weighted by Gasteiger charge is 2.12. The molecule has 0 unspecified atom stereocenters. The fraction of sp³-hybridized carbons (Fsp3) is 0.0769. The molecule has 0 atom stereocenters. The molecule has 3 aromatic rings. The Balaban J connectivity index is 2.12. The number of benzene rings is 1. The molecule has 2 N–H and O–H groups in total. The van der Waals surface area contributed by atoms with Crippen LogP contribution >= 0.6 is 23.4 Å². The first-order chi connectivity index (χ1) is 10.5. The standard InChI is InChI=1S/C13H9ClN4O3S/c14-7-2-1-3-8(4-7)18-11-9(5-15-18)12(21)17-13(16-11)22-6-10(19)20/h1-5H,6H2,(H,19,20)(H,16,17,21). The minimum atomic E-state index is -0.990. The second kappa shape index (κ2) is 5.82. The quantitative estimate of drug-likeness (QED) is 0.557. The number of aromatic amines is 1. The number of carboxylic acids is 1. The summed E-state index contributed by atoms with van der Waals surface area (Å²) in [7, 11) is 0. The summed E-state index contributed by atoms with van der Waals surface area (Å²) in [4.78, 5) is 29.5. The number of thioether (sulfide) groups is 1. The van der Waals surface area contributed by atoms with Gasteiger partial charge in [0.2, 0.25) is 0 Å². The number of halogens is 1. The van der Waals surface area contributed by atoms with Gasteiger partial charge in [0, 0.05) is 5.02 Å². The fourth-order valence-electron chi connectivity index (χ4n) is 1.89. The number of aromatic nitrogens is 4. The zero-order chi connectivity index (χ0) is 15.7. The number of H-pyrrole nitrogens is 1. The Bertz CT molecular complexity index is 921. The van der Waals surface area contributed by atoms with E-state index in [0.29, 0.717) is 21.7 Å². The topological polar surface area (TPSA) is 101 Å². The zero-order valence-electron chi connectivity index (χ0n) is 11.0. The van der Waals surface area contributed by atoms with Crippen LogP contribution in [0, 0.1) is 0 Å². The van der Waals surface area contributed by atoms with Crippen LogP contribution in [0.15, 0.2) is 40.4 Å². The first-order valence-electron chi connectivity index (χ1n) is 6.13. The average Bonchev–Trinajstić information content (AvgIpc) is 2.89. The van der Waals surface area contributed by atoms with E-state index in [9.17, 15) is 9.59 Å². The smallest absolute Gasteiger partial charge is 0.313 e. The third-order valence-electron chi connectivity index (χ3n) is 2.80. The van der Waals surface area contributed by atoms with Crippen LogP contribution in [0.5, 0.6) is 0 Å². The Morgan fingerprint density at radius 2 is 2.27 bits per heavy atom. The first kappa shape index (κ1) is 14.6. The van der Waals surface area contributed by atoms with Crippen molar-refractivity contribution in [2.45, 2.75) is 5.16 Å². The molecular formula is C13H9ClN4O3S. The van der Waals surface area contributed by atoms with Crippen LogP contribution in [0.1, 0.15) is 0 Å². The molecule has 9 heteroatoms. The van der Waals surface area contributed by atoms with Gasteiger partial charge in [-0.15, -0.1) is 0 Å². The molecule has 0 aliphatic carbocycles. The Morgan fingerprint density at radius 1 is 1.45 bits per heavy atom. The maximum Gasteiger partial charge on any atom is 0.313 e. The molecule has 1 aromatic carbocycles. The van der Waals surface area contributed by atoms with Gasteiger partial charge in [0.1, 0.15) is 5.39 Å². The van der Waals surface area contributed by atoms with E-state index in [2.05, 4.69) is 15.1 Å². The van der Waals surface area contributed by atoms with Crippen molar-refractivity contribution in [3.8, 4) is 5.69 Å². The SMILES string of the molecule is O=C(O)CSc1nc2c(cnn2-c2cccc(Cl)c2)c(=O)[nH]1. The van der Waals surface area contributed by atoms with Gasteiger partial charge >= 0.3 is 5.97 Å². The molecule has 22 heavy (non-hydrogen) atoms. The van der Waals surface area contributed by atoms with Crippen LogP contribution in [-0.2, 0) is 4.79 Å². The van der Waals surface area contributed by atoms with Gasteiger partial charge in [-0.2, -0.15) is 5.10 Å². The number of fused-ring (bicyclic) bond motifs is 1. The lowest BCUT2D eigenvalue weighted by Gasteiger charge is -2.04. The van der Waals surface area contributed by atoms with Gasteiger partial charge in [-0.25, -0.2) is 9.67 Å². The monoisotopic (exact) mass is 336 g/mol. The minimum Gasteiger partial charge on any atom is -0.481 e. The summed E-state index contributed by atoms with van der Waals surface area (Å²) in [5.41, 5.74) is 0.639. The Morgan fingerprint density at radius 3 is 3.00 bits per heavy atom. The van der Waals surface area contributed by atoms with Crippen LogP contribution in [0.4, 0.5) is 0 Å². The molecular weight excluding hydrogens is 328 g/mol. The predicted octanol–water partition coefficient (Wildman–Crippen LogP) is 1.94. The van der Waals surface area contributed by atoms with E-state index in [4.69, 9.17) is 16.7 Å². The largest absolute Gasteiger partial charge is 0.481 e. The van der Waals surface area contributed by atoms with Gasteiger partial charge in [0.25, 0.3) is 5.56 Å². The molecule has 0 fully saturated rings. The highest BCUT2D eigenvalue weighted by molar-refractivity contribution is 7.99. The van der Waals surface area contributed by atoms with E-state index in [1.165, 1.54) is 10.9 Å². The van der Waals surface area contributed by atoms with E-state index in [1.807, 2.05) is 0 Å². The molecule has 7 nitrogen and oxygen atoms in total. The molecule has 2 aromatic heterocycles. The summed E-state index contributed by atoms with van der Waals surface area (Å²) in [5.74, 6) is -1.18. The molecule has 2 heterocycles. The highest BCUT2D eigenvalue weighted by Crippen LogP contribution is 2.19. The molecule has 0 bridgehead atoms. The summed E-state index contributed by atoms with van der Waals surface area (Å²) in [6, 6.07) is 6.97. The fourth-order valence-corrected chi connectivity index (χ4v) is 2.65. The maximum atomic E-state index is 12.0. The van der Waals surface area contributed by atoms with E-state index < -0.39 is 5.97 Å². The normalized spacial score (nSPS) is 11.0. The molecule has 0 saturated heterocycles. The van der Waals surface area contributed by atoms with Crippen LogP contribution in [0.25, 0.3) is 16.7 Å². The summed E-state index contributed by atoms with van der Waals surface area (Å²) >= 11 is 6.90. The van der Waals surface area contributed by atoms with E-state index in [1.54, 1.807) is 24.3 Å². The Kier molecular flexibility index (Phi) is 3.86. The van der Waals surface area contributed by atoms with Gasteiger partial charge < -0.3 is 10.1 Å². The van der Waals surface area contributed by atoms with Crippen LogP contribution in [0.3, 0.4) is 0 Å². The van der Waals surface area contributed by atoms with Crippen molar-refractivity contribution in [1.29, 1.82) is 0 Å². The number of rotatable bonds is 4. The summed E-state index contributed by atoms with van der Waals surface area (Å²) in [6.07, 6.45) is 1.41. The van der Waals surface area contributed by atoms with E-state index >= 15 is 0 Å². The number of hydrogen-bond donors (Lipinski definition) is 2. The van der Waals surface area contributed by atoms with Crippen molar-refractivity contribution in [2.75, 3.05) is 5.75 Å². The van der Waals surface area contributed by atoms with Gasteiger partial charge in [-0.1, -0.05) is 29.4 Å². The number of hydrogen-bond acceptors (Lipinski definition) is 5. The number of nitrogens with one attached hydrogen (secondary N) is 1. The van der Waals surface area contributed by atoms with Gasteiger partial charge in [-0.05, 0) is 18.2 Å². The molecule has 0 amide bonds. The molecule has 0 radical (unpaired) electrons. The third kappa shape index (κ3) is 2.83. The highest BCUT2D eigenvalue weighted by atomic mass is 35.5. The van der Waals surface area contributed by atoms with Crippen molar-refractivity contribution in [3.63, 3.8) is 0 Å². The van der Waals surface area contributed by atoms with Crippen molar-refractivity contribution >= 4 is 40.4 Å². The van der Waals surface area contributed by atoms with Gasteiger partial charge in [-0.3, -0.25) is 9.59 Å². The van der Waals surface area contributed by atoms with Crippen LogP contribution < -0.4 is 5.56 Å². The first-order valence-corrected chi connectivity index (χ1v) is 7.49. The third-order valence-corrected chi connectivity index (χ3v) is 3.89. The second-order valence-corrected chi connectivity index (χ2v) is 5.73. The lowest BCUT2D eigenvalue weighted by molar-refractivity contribution is -0.133. The van der Waals surface area contributed by atoms with E-state index in [0.717, 1.165) is 11.8 Å². The number of carboxylic acid groups (broad SMARTS) is 1. The van der Waals surface area contributed by atoms with E-state index in [-0.39, 0.29) is 16.5 Å². The molecule has 112 valence electrons. The van der Waals surface area contributed by atoms with Crippen molar-refractivity contribution < 1.29 is 9.90 Å². The molecule has 3 rings (SSSR count). The van der Waals surface area contributed by atoms with Crippen LogP contribution in [0.2, 0.25) is 5.02 Å². The van der Waals surface area contributed by atoms with Gasteiger partial charge in [0.05, 0.1) is 17.6 Å². The maximum absolute atomic E-state index is 12.0. The molecule has 0 saturated carbocycles. The zero-order valence-corrected chi connectivity index (χ0v) is 12.6. The number of aliphatic carboxylic acids is 1. The van der Waals surface area contributed by atoms with Crippen molar-refractivity contribution in [2.24, 2.45) is 0 Å². The molecule has 0 spiro atoms. The molecule has 0 aliphatic heterocycles. The minimum absolute atomic E-state index is 0.195. The Labute approximate surface area is 132 Å². The van der Waals surface area contributed by atoms with Crippen molar-refractivity contribution in [3.05, 3.63) is 45.8 Å². The summed E-state index contributed by atoms with van der Waals surface area (Å²) < 4.78 is 1.49. The predicted molar refractivity (Wildman–Crippen MR) is 82.9 cm³/mol. The van der Waals surface area contributed by atoms with Crippen molar-refractivity contribution in [1.82, 2.24) is 19.7 Å². The summed E-state index contributed by atoms with van der Waals surface area (Å²) in [5, 5.41) is 13.9. The number of carbonyl (C=O) groups is 1. The average molecular weight is 337 g/mol. The number of nitrogens with zero attached hydrogens (tertiary/aromatic N) is 3. The Hall–Kier alpha value is -2.32. The summed E-state index contributed by atoms with van der Waals surface area (Å²) in [6.45, 7) is 0. The second-order valence-electron chi connectivity index (χ2n) is 4.33.